The summed E-state index contributed by atoms with van der Waals surface area (Å²) in [5, 5.41) is 0. The van der Waals surface area contributed by atoms with E-state index in [4.69, 9.17) is 4.74 Å². The van der Waals surface area contributed by atoms with Crippen LogP contribution in [0.1, 0.15) is 65.7 Å². The lowest BCUT2D eigenvalue weighted by molar-refractivity contribution is -0.0204. The fraction of sp³-hybridized carbons (Fsp3) is 1.00. The standard InChI is InChI=1S/C19H38N2O/c1-16(2)22-19-10-8-18(9-11-19)7-5-6-17(3)21-14-12-20(4)13-15-21/h16-19H,5-15H2,1-4H3/t17-,18-,19-/m1/s1. The van der Waals surface area contributed by atoms with Gasteiger partial charge in [0, 0.05) is 32.2 Å². The van der Waals surface area contributed by atoms with Gasteiger partial charge in [0.2, 0.25) is 0 Å². The van der Waals surface area contributed by atoms with E-state index in [0.717, 1.165) is 12.0 Å². The first kappa shape index (κ1) is 18.2. The minimum absolute atomic E-state index is 0.394. The Bertz CT molecular complexity index is 292. The second-order valence-electron chi connectivity index (χ2n) is 7.95. The first-order chi connectivity index (χ1) is 10.5. The highest BCUT2D eigenvalue weighted by Crippen LogP contribution is 2.30. The van der Waals surface area contributed by atoms with Crippen LogP contribution < -0.4 is 0 Å². The summed E-state index contributed by atoms with van der Waals surface area (Å²) >= 11 is 0. The molecule has 0 aromatic heterocycles. The van der Waals surface area contributed by atoms with Gasteiger partial charge in [0.15, 0.2) is 0 Å². The summed E-state index contributed by atoms with van der Waals surface area (Å²) in [6.07, 6.45) is 10.5. The Morgan fingerprint density at radius 2 is 1.59 bits per heavy atom. The van der Waals surface area contributed by atoms with Gasteiger partial charge in [-0.2, -0.15) is 0 Å². The SMILES string of the molecule is CC(C)O[C@H]1CC[C@H](CCC[C@@H](C)N2CCN(C)CC2)CC1. The number of ether oxygens (including phenoxy) is 1. The zero-order valence-corrected chi connectivity index (χ0v) is 15.4. The molecule has 2 aliphatic rings. The number of rotatable bonds is 7. The van der Waals surface area contributed by atoms with Crippen LogP contribution in [0.4, 0.5) is 0 Å². The van der Waals surface area contributed by atoms with Gasteiger partial charge in [-0.15, -0.1) is 0 Å². The largest absolute Gasteiger partial charge is 0.376 e. The van der Waals surface area contributed by atoms with Crippen LogP contribution in [0.3, 0.4) is 0 Å². The maximum atomic E-state index is 5.96. The lowest BCUT2D eigenvalue weighted by atomic mass is 9.84. The third kappa shape index (κ3) is 6.17. The third-order valence-corrected chi connectivity index (χ3v) is 5.65. The fourth-order valence-electron chi connectivity index (χ4n) is 4.09. The number of nitrogens with zero attached hydrogens (tertiary/aromatic N) is 2. The third-order valence-electron chi connectivity index (χ3n) is 5.65. The highest BCUT2D eigenvalue weighted by Gasteiger charge is 2.23. The molecule has 2 rings (SSSR count). The Labute approximate surface area is 138 Å². The summed E-state index contributed by atoms with van der Waals surface area (Å²) in [5.74, 6) is 0.965. The summed E-state index contributed by atoms with van der Waals surface area (Å²) in [4.78, 5) is 5.13. The van der Waals surface area contributed by atoms with Crippen molar-refractivity contribution in [2.24, 2.45) is 5.92 Å². The van der Waals surface area contributed by atoms with Gasteiger partial charge < -0.3 is 9.64 Å². The van der Waals surface area contributed by atoms with Crippen LogP contribution in [0, 0.1) is 5.92 Å². The van der Waals surface area contributed by atoms with E-state index >= 15 is 0 Å². The maximum absolute atomic E-state index is 5.96. The van der Waals surface area contributed by atoms with Gasteiger partial charge >= 0.3 is 0 Å². The predicted molar refractivity (Wildman–Crippen MR) is 94.4 cm³/mol. The van der Waals surface area contributed by atoms with E-state index in [9.17, 15) is 0 Å². The smallest absolute Gasteiger partial charge is 0.0578 e. The normalized spacial score (nSPS) is 29.9. The van der Waals surface area contributed by atoms with Crippen LogP contribution >= 0.6 is 0 Å². The molecule has 1 aliphatic heterocycles. The van der Waals surface area contributed by atoms with Crippen molar-refractivity contribution in [2.45, 2.75) is 84.0 Å². The van der Waals surface area contributed by atoms with Crippen LogP contribution in [-0.4, -0.2) is 61.3 Å². The lowest BCUT2D eigenvalue weighted by Gasteiger charge is -2.36. The summed E-state index contributed by atoms with van der Waals surface area (Å²) in [5.41, 5.74) is 0. The lowest BCUT2D eigenvalue weighted by Crippen LogP contribution is -2.48. The van der Waals surface area contributed by atoms with E-state index in [1.807, 2.05) is 0 Å². The molecule has 0 N–H and O–H groups in total. The van der Waals surface area contributed by atoms with Crippen LogP contribution in [0.5, 0.6) is 0 Å². The summed E-state index contributed by atoms with van der Waals surface area (Å²) in [6.45, 7) is 11.7. The van der Waals surface area contributed by atoms with E-state index in [1.165, 1.54) is 71.1 Å². The topological polar surface area (TPSA) is 15.7 Å². The second-order valence-corrected chi connectivity index (χ2v) is 7.95. The van der Waals surface area contributed by atoms with Gasteiger partial charge in [0.1, 0.15) is 0 Å². The molecule has 0 radical (unpaired) electrons. The van der Waals surface area contributed by atoms with Crippen molar-refractivity contribution in [1.82, 2.24) is 9.80 Å². The molecule has 1 heterocycles. The van der Waals surface area contributed by atoms with Crippen LogP contribution in [-0.2, 0) is 4.74 Å². The summed E-state index contributed by atoms with van der Waals surface area (Å²) < 4.78 is 5.96. The van der Waals surface area contributed by atoms with Gasteiger partial charge in [0.25, 0.3) is 0 Å². The average molecular weight is 311 g/mol. The first-order valence-electron chi connectivity index (χ1n) is 9.62. The number of hydrogen-bond acceptors (Lipinski definition) is 3. The van der Waals surface area contributed by atoms with Gasteiger partial charge in [0.05, 0.1) is 12.2 Å². The molecule has 0 amide bonds. The molecule has 0 bridgehead atoms. The Morgan fingerprint density at radius 3 is 2.18 bits per heavy atom. The zero-order chi connectivity index (χ0) is 15.9. The minimum Gasteiger partial charge on any atom is -0.376 e. The van der Waals surface area contributed by atoms with Crippen molar-refractivity contribution in [3.8, 4) is 0 Å². The molecular weight excluding hydrogens is 272 g/mol. The Morgan fingerprint density at radius 1 is 0.955 bits per heavy atom. The van der Waals surface area contributed by atoms with Gasteiger partial charge in [-0.3, -0.25) is 4.90 Å². The molecule has 22 heavy (non-hydrogen) atoms. The van der Waals surface area contributed by atoms with Gasteiger partial charge in [-0.1, -0.05) is 12.8 Å². The van der Waals surface area contributed by atoms with Crippen molar-refractivity contribution in [2.75, 3.05) is 33.2 Å². The van der Waals surface area contributed by atoms with Gasteiger partial charge in [-0.05, 0) is 65.8 Å². The molecule has 1 atom stereocenters. The Balaban J connectivity index is 1.55. The van der Waals surface area contributed by atoms with Crippen LogP contribution in [0.2, 0.25) is 0 Å². The first-order valence-corrected chi connectivity index (χ1v) is 9.62. The van der Waals surface area contributed by atoms with Crippen LogP contribution in [0.25, 0.3) is 0 Å². The molecule has 2 fully saturated rings. The molecule has 1 saturated heterocycles. The molecule has 3 nitrogen and oxygen atoms in total. The highest BCUT2D eigenvalue weighted by atomic mass is 16.5. The molecule has 130 valence electrons. The maximum Gasteiger partial charge on any atom is 0.0578 e. The van der Waals surface area contributed by atoms with Crippen molar-refractivity contribution in [3.05, 3.63) is 0 Å². The quantitative estimate of drug-likeness (QED) is 0.712. The number of likely N-dealkylation sites (N-methyl/N-ethyl adjacent to an activating group) is 1. The Kier molecular flexibility index (Phi) is 7.66. The monoisotopic (exact) mass is 310 g/mol. The molecule has 1 aliphatic carbocycles. The fourth-order valence-corrected chi connectivity index (χ4v) is 4.09. The number of hydrogen-bond donors (Lipinski definition) is 0. The van der Waals surface area contributed by atoms with Crippen molar-refractivity contribution in [3.63, 3.8) is 0 Å². The molecule has 1 saturated carbocycles. The summed E-state index contributed by atoms with van der Waals surface area (Å²) in [6, 6.07) is 0.773. The second kappa shape index (κ2) is 9.24. The molecule has 0 spiro atoms. The van der Waals surface area contributed by atoms with E-state index in [1.54, 1.807) is 0 Å². The number of piperazine rings is 1. The van der Waals surface area contributed by atoms with E-state index in [2.05, 4.69) is 37.6 Å². The molecule has 0 aromatic rings. The van der Waals surface area contributed by atoms with E-state index in [-0.39, 0.29) is 0 Å². The Hall–Kier alpha value is -0.120. The average Bonchev–Trinajstić information content (AvgIpc) is 2.49. The van der Waals surface area contributed by atoms with E-state index < -0.39 is 0 Å². The molecule has 0 aromatic carbocycles. The van der Waals surface area contributed by atoms with Gasteiger partial charge in [-0.25, -0.2) is 0 Å². The summed E-state index contributed by atoms with van der Waals surface area (Å²) in [7, 11) is 2.24. The van der Waals surface area contributed by atoms with Crippen LogP contribution in [0.15, 0.2) is 0 Å². The molecule has 0 unspecified atom stereocenters. The van der Waals surface area contributed by atoms with Crippen molar-refractivity contribution < 1.29 is 4.74 Å². The predicted octanol–water partition coefficient (Wildman–Crippen LogP) is 3.78. The van der Waals surface area contributed by atoms with Crippen molar-refractivity contribution in [1.29, 1.82) is 0 Å². The van der Waals surface area contributed by atoms with Crippen molar-refractivity contribution >= 4 is 0 Å². The zero-order valence-electron chi connectivity index (χ0n) is 15.4. The highest BCUT2D eigenvalue weighted by molar-refractivity contribution is 4.77. The minimum atomic E-state index is 0.394. The van der Waals surface area contributed by atoms with E-state index in [0.29, 0.717) is 12.2 Å². The molecular formula is C19H38N2O. The molecule has 3 heteroatoms.